The highest BCUT2D eigenvalue weighted by atomic mass is 15.2. The maximum absolute atomic E-state index is 3.90. The minimum absolute atomic E-state index is 0.0747. The summed E-state index contributed by atoms with van der Waals surface area (Å²) < 4.78 is 0. The molecule has 0 amide bonds. The van der Waals surface area contributed by atoms with Crippen LogP contribution in [0.25, 0.3) is 32.3 Å². The van der Waals surface area contributed by atoms with Gasteiger partial charge >= 0.3 is 0 Å². The lowest BCUT2D eigenvalue weighted by molar-refractivity contribution is 0.706. The van der Waals surface area contributed by atoms with Crippen molar-refractivity contribution in [2.24, 2.45) is 0 Å². The third-order valence-electron chi connectivity index (χ3n) is 13.7. The van der Waals surface area contributed by atoms with Gasteiger partial charge in [0.15, 0.2) is 0 Å². The van der Waals surface area contributed by atoms with E-state index in [1.807, 2.05) is 12.2 Å². The van der Waals surface area contributed by atoms with Gasteiger partial charge in [0.25, 0.3) is 0 Å². The zero-order valence-corrected chi connectivity index (χ0v) is 40.1. The van der Waals surface area contributed by atoms with Crippen molar-refractivity contribution in [1.29, 1.82) is 0 Å². The average molecular weight is 917 g/mol. The second-order valence-corrected chi connectivity index (χ2v) is 18.2. The molecule has 9 aromatic carbocycles. The van der Waals surface area contributed by atoms with Gasteiger partial charge < -0.3 is 19.6 Å². The van der Waals surface area contributed by atoms with Crippen LogP contribution in [0.3, 0.4) is 0 Å². The second-order valence-electron chi connectivity index (χ2n) is 18.2. The van der Waals surface area contributed by atoms with Gasteiger partial charge in [0.2, 0.25) is 0 Å². The molecular formula is C67H56N4. The van der Waals surface area contributed by atoms with E-state index in [4.69, 9.17) is 0 Å². The van der Waals surface area contributed by atoms with E-state index in [0.717, 1.165) is 70.5 Å². The van der Waals surface area contributed by atoms with Gasteiger partial charge in [-0.2, -0.15) is 0 Å². The second kappa shape index (κ2) is 20.4. The van der Waals surface area contributed by atoms with Crippen molar-refractivity contribution in [2.45, 2.75) is 32.2 Å². The third kappa shape index (κ3) is 9.49. The summed E-state index contributed by atoms with van der Waals surface area (Å²) in [6.45, 7) is 6.09. The molecule has 0 heterocycles. The van der Waals surface area contributed by atoms with Crippen LogP contribution in [0.4, 0.5) is 39.8 Å². The van der Waals surface area contributed by atoms with E-state index in [0.29, 0.717) is 0 Å². The summed E-state index contributed by atoms with van der Waals surface area (Å²) in [5.41, 5.74) is 12.7. The third-order valence-corrected chi connectivity index (χ3v) is 13.7. The minimum atomic E-state index is 0.0747. The van der Waals surface area contributed by atoms with Crippen LogP contribution in [-0.4, -0.2) is 6.04 Å². The number of fused-ring (bicyclic) bond motifs is 3. The number of benzene rings is 9. The highest BCUT2D eigenvalue weighted by molar-refractivity contribution is 5.91. The van der Waals surface area contributed by atoms with Crippen LogP contribution in [0.1, 0.15) is 26.2 Å². The summed E-state index contributed by atoms with van der Waals surface area (Å²) in [6.07, 6.45) is 22.4. The summed E-state index contributed by atoms with van der Waals surface area (Å²) in [5.74, 6) is 0. The first-order chi connectivity index (χ1) is 35.1. The molecule has 11 rings (SSSR count). The quantitative estimate of drug-likeness (QED) is 0.101. The van der Waals surface area contributed by atoms with Gasteiger partial charge in [0.05, 0.1) is 6.04 Å². The van der Waals surface area contributed by atoms with Crippen molar-refractivity contribution in [3.05, 3.63) is 296 Å². The Hall–Kier alpha value is -8.86. The predicted octanol–water partition coefficient (Wildman–Crippen LogP) is 18.2. The average Bonchev–Trinajstić information content (AvgIpc) is 3.43. The van der Waals surface area contributed by atoms with Gasteiger partial charge in [0, 0.05) is 62.6 Å². The van der Waals surface area contributed by atoms with Crippen molar-refractivity contribution in [3.63, 3.8) is 0 Å². The number of rotatable bonds is 14. The molecule has 1 atom stereocenters. The maximum atomic E-state index is 3.90. The zero-order chi connectivity index (χ0) is 47.9. The number of hydrogen-bond donors (Lipinski definition) is 0. The van der Waals surface area contributed by atoms with E-state index in [2.05, 4.69) is 288 Å². The fourth-order valence-corrected chi connectivity index (χ4v) is 10.2. The first-order valence-electron chi connectivity index (χ1n) is 24.7. The summed E-state index contributed by atoms with van der Waals surface area (Å²) in [5, 5.41) is 7.35. The molecule has 0 bridgehead atoms. The summed E-state index contributed by atoms with van der Waals surface area (Å²) in [6, 6.07) is 76.8. The molecule has 0 N–H and O–H groups in total. The van der Waals surface area contributed by atoms with Crippen LogP contribution in [0, 0.1) is 0 Å². The van der Waals surface area contributed by atoms with Gasteiger partial charge in [-0.3, -0.25) is 0 Å². The van der Waals surface area contributed by atoms with Crippen LogP contribution in [0.2, 0.25) is 0 Å². The largest absolute Gasteiger partial charge is 0.338 e. The number of allylic oxidation sites excluding steroid dienone is 10. The Kier molecular flexibility index (Phi) is 12.8. The molecular weight excluding hydrogens is 861 g/mol. The maximum Gasteiger partial charge on any atom is 0.0558 e. The Balaban J connectivity index is 0.981. The van der Waals surface area contributed by atoms with E-state index in [-0.39, 0.29) is 6.04 Å². The molecule has 0 saturated heterocycles. The van der Waals surface area contributed by atoms with Gasteiger partial charge in [-0.1, -0.05) is 164 Å². The number of anilines is 7. The molecule has 0 fully saturated rings. The molecule has 4 nitrogen and oxygen atoms in total. The van der Waals surface area contributed by atoms with E-state index >= 15 is 0 Å². The molecule has 2 aliphatic rings. The van der Waals surface area contributed by atoms with Crippen molar-refractivity contribution >= 4 is 72.1 Å². The van der Waals surface area contributed by atoms with E-state index < -0.39 is 0 Å². The standard InChI is InChI=1S/C67H56N4/c1-3-4-7-18-50(2)68(65-32-29-51-19-12-15-22-54(51)47-65)59-35-37-60(38-36-59)69(61-39-43-63(44-40-61)70(57-25-8-5-9-26-57)66-33-30-52-20-13-16-23-55(52)48-66)62-41-45-64(46-42-62)71(58-27-10-6-11-28-58)67-34-31-53-21-14-17-24-56(53)49-67/h3-37,39-41,43-45,47-49,60H,1,38,42,46H2,2H3/b7-4-,50-18+. The summed E-state index contributed by atoms with van der Waals surface area (Å²) in [7, 11) is 0. The lowest BCUT2D eigenvalue weighted by Gasteiger charge is -2.38. The Bertz CT molecular complexity index is 3560. The van der Waals surface area contributed by atoms with Gasteiger partial charge in [-0.15, -0.1) is 0 Å². The van der Waals surface area contributed by atoms with Gasteiger partial charge in [-0.05, 0) is 168 Å². The first-order valence-corrected chi connectivity index (χ1v) is 24.7. The summed E-state index contributed by atoms with van der Waals surface area (Å²) >= 11 is 0. The normalized spacial score (nSPS) is 14.8. The van der Waals surface area contributed by atoms with Crippen LogP contribution in [0.5, 0.6) is 0 Å². The molecule has 0 radical (unpaired) electrons. The Labute approximate surface area is 418 Å². The van der Waals surface area contributed by atoms with Crippen molar-refractivity contribution in [3.8, 4) is 0 Å². The van der Waals surface area contributed by atoms with Gasteiger partial charge in [0.1, 0.15) is 0 Å². The van der Waals surface area contributed by atoms with Crippen LogP contribution in [0.15, 0.2) is 296 Å². The fraction of sp³-hybridized carbons (Fsp3) is 0.0746. The Morgan fingerprint density at radius 1 is 0.451 bits per heavy atom. The van der Waals surface area contributed by atoms with Gasteiger partial charge in [-0.25, -0.2) is 0 Å². The number of nitrogens with zero attached hydrogens (tertiary/aromatic N) is 4. The Morgan fingerprint density at radius 2 is 0.901 bits per heavy atom. The van der Waals surface area contributed by atoms with E-state index in [1.54, 1.807) is 0 Å². The Morgan fingerprint density at radius 3 is 1.44 bits per heavy atom. The van der Waals surface area contributed by atoms with Crippen molar-refractivity contribution in [2.75, 3.05) is 19.6 Å². The predicted molar refractivity (Wildman–Crippen MR) is 304 cm³/mol. The van der Waals surface area contributed by atoms with Crippen molar-refractivity contribution in [1.82, 2.24) is 0 Å². The number of para-hydroxylation sites is 2. The van der Waals surface area contributed by atoms with E-state index in [9.17, 15) is 0 Å². The molecule has 4 heteroatoms. The molecule has 9 aromatic rings. The molecule has 1 unspecified atom stereocenters. The fourth-order valence-electron chi connectivity index (χ4n) is 10.2. The highest BCUT2D eigenvalue weighted by Crippen LogP contribution is 2.41. The topological polar surface area (TPSA) is 13.0 Å². The lowest BCUT2D eigenvalue weighted by Crippen LogP contribution is -2.35. The van der Waals surface area contributed by atoms with Crippen LogP contribution < -0.4 is 19.6 Å². The lowest BCUT2D eigenvalue weighted by atomic mass is 9.98. The van der Waals surface area contributed by atoms with Crippen molar-refractivity contribution < 1.29 is 0 Å². The highest BCUT2D eigenvalue weighted by Gasteiger charge is 2.27. The molecule has 344 valence electrons. The molecule has 71 heavy (non-hydrogen) atoms. The SMILES string of the molecule is C=C/C=C\C=C(/C)N(C1=CCC(N(C2=CC=C(N(c3ccccc3)c3ccc4ccccc4c3)CC2)c2ccc(N(c3ccccc3)c3ccc4ccccc4c3)cc2)C=C1)c1ccc2ccccc2c1. The smallest absolute Gasteiger partial charge is 0.0558 e. The molecule has 2 aliphatic carbocycles. The van der Waals surface area contributed by atoms with E-state index in [1.165, 1.54) is 43.7 Å². The monoisotopic (exact) mass is 916 g/mol. The number of hydrogen-bond acceptors (Lipinski definition) is 4. The van der Waals surface area contributed by atoms with Crippen LogP contribution in [-0.2, 0) is 0 Å². The molecule has 0 saturated carbocycles. The molecule has 0 aliphatic heterocycles. The first kappa shape index (κ1) is 44.6. The summed E-state index contributed by atoms with van der Waals surface area (Å²) in [4.78, 5) is 9.73. The molecule has 0 aromatic heterocycles. The van der Waals surface area contributed by atoms with Crippen LogP contribution >= 0.6 is 0 Å². The zero-order valence-electron chi connectivity index (χ0n) is 40.1. The minimum Gasteiger partial charge on any atom is -0.338 e. The molecule has 0 spiro atoms.